The topological polar surface area (TPSA) is 26.3 Å². The van der Waals surface area contributed by atoms with Gasteiger partial charge in [-0.15, -0.1) is 0 Å². The summed E-state index contributed by atoms with van der Waals surface area (Å²) in [4.78, 5) is 11.3. The second kappa shape index (κ2) is 2.95. The van der Waals surface area contributed by atoms with Gasteiger partial charge >= 0.3 is 5.97 Å². The van der Waals surface area contributed by atoms with Gasteiger partial charge in [0.15, 0.2) is 0 Å². The van der Waals surface area contributed by atoms with Crippen LogP contribution in [0.4, 0.5) is 0 Å². The minimum absolute atomic E-state index is 0.0417. The number of carbonyl (C=O) groups is 1. The lowest BCUT2D eigenvalue weighted by Gasteiger charge is -2.05. The molecule has 1 aliphatic carbocycles. The summed E-state index contributed by atoms with van der Waals surface area (Å²) < 4.78 is 5.00. The molecule has 2 nitrogen and oxygen atoms in total. The molecule has 0 radical (unpaired) electrons. The van der Waals surface area contributed by atoms with E-state index in [0.29, 0.717) is 12.0 Å². The van der Waals surface area contributed by atoms with Gasteiger partial charge < -0.3 is 4.74 Å². The summed E-state index contributed by atoms with van der Waals surface area (Å²) >= 11 is 1.97. The normalized spacial score (nSPS) is 38.6. The minimum Gasteiger partial charge on any atom is -0.466 e. The Labute approximate surface area is 77.0 Å². The molecule has 68 valence electrons. The average molecular weight is 186 g/mol. The number of hydrogen-bond donors (Lipinski definition) is 0. The second-order valence-electron chi connectivity index (χ2n) is 3.67. The van der Waals surface area contributed by atoms with E-state index in [2.05, 4.69) is 0 Å². The highest BCUT2D eigenvalue weighted by molar-refractivity contribution is 7.99. The monoisotopic (exact) mass is 186 g/mol. The van der Waals surface area contributed by atoms with Gasteiger partial charge in [-0.05, 0) is 36.7 Å². The van der Waals surface area contributed by atoms with Crippen LogP contribution in [0.5, 0.6) is 0 Å². The molecule has 2 rings (SSSR count). The lowest BCUT2D eigenvalue weighted by Crippen LogP contribution is -2.13. The van der Waals surface area contributed by atoms with Crippen LogP contribution in [0.15, 0.2) is 0 Å². The predicted octanol–water partition coefficient (Wildman–Crippen LogP) is 1.69. The highest BCUT2D eigenvalue weighted by atomic mass is 32.2. The van der Waals surface area contributed by atoms with Crippen LogP contribution in [-0.4, -0.2) is 24.1 Å². The van der Waals surface area contributed by atoms with Gasteiger partial charge in [-0.25, -0.2) is 0 Å². The zero-order chi connectivity index (χ0) is 8.60. The Morgan fingerprint density at radius 1 is 1.75 bits per heavy atom. The Morgan fingerprint density at radius 2 is 2.58 bits per heavy atom. The molecule has 1 heterocycles. The second-order valence-corrected chi connectivity index (χ2v) is 4.78. The van der Waals surface area contributed by atoms with E-state index in [4.69, 9.17) is 4.74 Å². The Kier molecular flexibility index (Phi) is 2.07. The third kappa shape index (κ3) is 1.24. The third-order valence-corrected chi connectivity index (χ3v) is 4.17. The predicted molar refractivity (Wildman–Crippen MR) is 49.1 cm³/mol. The largest absolute Gasteiger partial charge is 0.466 e. The molecule has 2 unspecified atom stereocenters. The van der Waals surface area contributed by atoms with Gasteiger partial charge in [0.1, 0.15) is 0 Å². The summed E-state index contributed by atoms with van der Waals surface area (Å²) in [6, 6.07) is 0. The van der Waals surface area contributed by atoms with Gasteiger partial charge in [0.2, 0.25) is 0 Å². The number of rotatable bonds is 2. The summed E-state index contributed by atoms with van der Waals surface area (Å²) in [5, 5.41) is 0. The van der Waals surface area contributed by atoms with E-state index in [-0.39, 0.29) is 11.9 Å². The number of carbonyl (C=O) groups excluding carboxylic acids is 1. The van der Waals surface area contributed by atoms with Crippen molar-refractivity contribution < 1.29 is 9.53 Å². The van der Waals surface area contributed by atoms with Crippen molar-refractivity contribution in [3.8, 4) is 0 Å². The van der Waals surface area contributed by atoms with E-state index in [1.807, 2.05) is 18.7 Å². The third-order valence-electron chi connectivity index (χ3n) is 2.89. The molecular formula is C9H14O2S. The highest BCUT2D eigenvalue weighted by Gasteiger charge is 2.60. The number of ether oxygens (including phenoxy) is 1. The Balaban J connectivity index is 1.89. The minimum atomic E-state index is 0.0417. The SMILES string of the molecule is CCOC(=O)C1CC12CCSC2. The molecule has 12 heavy (non-hydrogen) atoms. The van der Waals surface area contributed by atoms with Crippen LogP contribution >= 0.6 is 11.8 Å². The van der Waals surface area contributed by atoms with Crippen molar-refractivity contribution in [1.82, 2.24) is 0 Å². The van der Waals surface area contributed by atoms with Gasteiger partial charge in [-0.1, -0.05) is 0 Å². The molecule has 1 aliphatic heterocycles. The van der Waals surface area contributed by atoms with E-state index >= 15 is 0 Å². The van der Waals surface area contributed by atoms with Crippen LogP contribution in [0.25, 0.3) is 0 Å². The van der Waals surface area contributed by atoms with Crippen LogP contribution in [0, 0.1) is 11.3 Å². The van der Waals surface area contributed by atoms with Crippen molar-refractivity contribution in [2.24, 2.45) is 11.3 Å². The van der Waals surface area contributed by atoms with Gasteiger partial charge in [-0.2, -0.15) is 11.8 Å². The molecule has 1 saturated carbocycles. The molecule has 2 fully saturated rings. The van der Waals surface area contributed by atoms with Crippen LogP contribution in [0.3, 0.4) is 0 Å². The fourth-order valence-electron chi connectivity index (χ4n) is 1.98. The molecule has 0 bridgehead atoms. The van der Waals surface area contributed by atoms with E-state index in [1.54, 1.807) is 0 Å². The molecule has 0 amide bonds. The molecule has 3 heteroatoms. The van der Waals surface area contributed by atoms with Crippen molar-refractivity contribution in [2.75, 3.05) is 18.1 Å². The van der Waals surface area contributed by atoms with E-state index in [1.165, 1.54) is 17.9 Å². The molecule has 1 saturated heterocycles. The first-order valence-corrected chi connectivity index (χ1v) is 5.68. The highest BCUT2D eigenvalue weighted by Crippen LogP contribution is 2.61. The van der Waals surface area contributed by atoms with Gasteiger partial charge in [0, 0.05) is 0 Å². The maximum absolute atomic E-state index is 11.3. The van der Waals surface area contributed by atoms with Crippen molar-refractivity contribution in [3.05, 3.63) is 0 Å². The summed E-state index contributed by atoms with van der Waals surface area (Å²) in [6.45, 7) is 2.40. The smallest absolute Gasteiger partial charge is 0.309 e. The molecule has 2 atom stereocenters. The van der Waals surface area contributed by atoms with Crippen molar-refractivity contribution in [3.63, 3.8) is 0 Å². The van der Waals surface area contributed by atoms with Gasteiger partial charge in [-0.3, -0.25) is 4.79 Å². The fraction of sp³-hybridized carbons (Fsp3) is 0.889. The first-order valence-electron chi connectivity index (χ1n) is 4.53. The first kappa shape index (κ1) is 8.42. The Morgan fingerprint density at radius 3 is 3.17 bits per heavy atom. The van der Waals surface area contributed by atoms with Crippen LogP contribution in [0.2, 0.25) is 0 Å². The zero-order valence-electron chi connectivity index (χ0n) is 7.34. The van der Waals surface area contributed by atoms with Gasteiger partial charge in [0.05, 0.1) is 12.5 Å². The molecule has 0 aromatic heterocycles. The number of thioether (sulfide) groups is 1. The van der Waals surface area contributed by atoms with Gasteiger partial charge in [0.25, 0.3) is 0 Å². The maximum atomic E-state index is 11.3. The molecule has 1 spiro atoms. The van der Waals surface area contributed by atoms with Crippen molar-refractivity contribution >= 4 is 17.7 Å². The summed E-state index contributed by atoms with van der Waals surface area (Å²) in [7, 11) is 0. The van der Waals surface area contributed by atoms with Crippen LogP contribution in [0.1, 0.15) is 19.8 Å². The molecule has 0 N–H and O–H groups in total. The molecular weight excluding hydrogens is 172 g/mol. The molecule has 0 aromatic rings. The lowest BCUT2D eigenvalue weighted by molar-refractivity contribution is -0.145. The zero-order valence-corrected chi connectivity index (χ0v) is 8.15. The summed E-state index contributed by atoms with van der Waals surface area (Å²) in [6.07, 6.45) is 2.31. The van der Waals surface area contributed by atoms with E-state index in [9.17, 15) is 4.79 Å². The number of hydrogen-bond acceptors (Lipinski definition) is 3. The molecule has 2 aliphatic rings. The maximum Gasteiger partial charge on any atom is 0.309 e. The molecule has 0 aromatic carbocycles. The summed E-state index contributed by atoms with van der Waals surface area (Å²) in [5.74, 6) is 2.69. The van der Waals surface area contributed by atoms with Crippen molar-refractivity contribution in [1.29, 1.82) is 0 Å². The fourth-order valence-corrected chi connectivity index (χ4v) is 3.55. The summed E-state index contributed by atoms with van der Waals surface area (Å²) in [5.41, 5.74) is 0.372. The van der Waals surface area contributed by atoms with E-state index < -0.39 is 0 Å². The lowest BCUT2D eigenvalue weighted by atomic mass is 10.0. The van der Waals surface area contributed by atoms with E-state index in [0.717, 1.165) is 6.42 Å². The van der Waals surface area contributed by atoms with Crippen LogP contribution < -0.4 is 0 Å². The van der Waals surface area contributed by atoms with Crippen molar-refractivity contribution in [2.45, 2.75) is 19.8 Å². The van der Waals surface area contributed by atoms with Crippen LogP contribution in [-0.2, 0) is 9.53 Å². The Bertz CT molecular complexity index is 197. The average Bonchev–Trinajstić information content (AvgIpc) is 2.51. The Hall–Kier alpha value is -0.180. The standard InChI is InChI=1S/C9H14O2S/c1-2-11-8(10)7-5-9(7)3-4-12-6-9/h7H,2-6H2,1H3. The first-order chi connectivity index (χ1) is 5.78. The number of esters is 1. The quantitative estimate of drug-likeness (QED) is 0.614.